The van der Waals surface area contributed by atoms with Gasteiger partial charge in [-0.1, -0.05) is 42.5 Å². The highest BCUT2D eigenvalue weighted by atomic mass is 15.0. The van der Waals surface area contributed by atoms with E-state index in [1.165, 1.54) is 27.5 Å². The Hall–Kier alpha value is -2.02. The average Bonchev–Trinajstić information content (AvgIpc) is 2.72. The highest BCUT2D eigenvalue weighted by Gasteiger charge is 2.09. The first-order chi connectivity index (χ1) is 8.33. The standard InChI is InChI=1S/C16H15N/c1-3-12(2)17-15-10-6-4-8-13(15)14-9-5-7-11-16(14)17/h3-11H,1-2H3/b12-3-. The smallest absolute Gasteiger partial charge is 0.0537 e. The normalized spacial score (nSPS) is 12.5. The minimum absolute atomic E-state index is 1.27. The third kappa shape index (κ3) is 1.39. The van der Waals surface area contributed by atoms with Gasteiger partial charge in [-0.05, 0) is 26.0 Å². The largest absolute Gasteiger partial charge is 0.314 e. The summed E-state index contributed by atoms with van der Waals surface area (Å²) >= 11 is 0. The molecule has 1 heteroatoms. The lowest BCUT2D eigenvalue weighted by Gasteiger charge is -2.06. The Labute approximate surface area is 101 Å². The first-order valence-corrected chi connectivity index (χ1v) is 5.94. The van der Waals surface area contributed by atoms with Crippen LogP contribution in [0.25, 0.3) is 27.5 Å². The summed E-state index contributed by atoms with van der Waals surface area (Å²) in [5.74, 6) is 0. The Morgan fingerprint density at radius 1 is 0.882 bits per heavy atom. The van der Waals surface area contributed by atoms with Crippen molar-refractivity contribution in [1.29, 1.82) is 0 Å². The lowest BCUT2D eigenvalue weighted by atomic mass is 10.2. The van der Waals surface area contributed by atoms with Gasteiger partial charge < -0.3 is 4.57 Å². The highest BCUT2D eigenvalue weighted by molar-refractivity contribution is 6.09. The van der Waals surface area contributed by atoms with Gasteiger partial charge in [0.2, 0.25) is 0 Å². The summed E-state index contributed by atoms with van der Waals surface area (Å²) in [4.78, 5) is 0. The van der Waals surface area contributed by atoms with E-state index in [-0.39, 0.29) is 0 Å². The third-order valence-corrected chi connectivity index (χ3v) is 3.35. The molecule has 0 bridgehead atoms. The molecule has 0 unspecified atom stereocenters. The van der Waals surface area contributed by atoms with Gasteiger partial charge in [0.05, 0.1) is 11.0 Å². The molecule has 1 nitrogen and oxygen atoms in total. The Balaban J connectivity index is 2.59. The fraction of sp³-hybridized carbons (Fsp3) is 0.125. The van der Waals surface area contributed by atoms with Crippen molar-refractivity contribution in [1.82, 2.24) is 4.57 Å². The topological polar surface area (TPSA) is 4.93 Å². The molecule has 0 N–H and O–H groups in total. The molecule has 0 spiro atoms. The van der Waals surface area contributed by atoms with Crippen LogP contribution in [-0.2, 0) is 0 Å². The number of hydrogen-bond acceptors (Lipinski definition) is 0. The number of nitrogens with zero attached hydrogens (tertiary/aromatic N) is 1. The number of fused-ring (bicyclic) bond motifs is 3. The second-order valence-electron chi connectivity index (χ2n) is 4.30. The number of rotatable bonds is 1. The quantitative estimate of drug-likeness (QED) is 0.562. The van der Waals surface area contributed by atoms with E-state index in [0.717, 1.165) is 0 Å². The van der Waals surface area contributed by atoms with Crippen LogP contribution in [-0.4, -0.2) is 4.57 Å². The Morgan fingerprint density at radius 3 is 1.82 bits per heavy atom. The third-order valence-electron chi connectivity index (χ3n) is 3.35. The number of benzene rings is 2. The van der Waals surface area contributed by atoms with E-state index in [1.54, 1.807) is 0 Å². The molecule has 0 saturated carbocycles. The number of para-hydroxylation sites is 2. The Bertz CT molecular complexity index is 663. The van der Waals surface area contributed by atoms with Crippen molar-refractivity contribution in [3.63, 3.8) is 0 Å². The first-order valence-electron chi connectivity index (χ1n) is 5.94. The molecular weight excluding hydrogens is 206 g/mol. The SMILES string of the molecule is C/C=C(/C)n1c2ccccc2c2ccccc21. The van der Waals surface area contributed by atoms with Crippen molar-refractivity contribution in [2.24, 2.45) is 0 Å². The molecule has 1 aromatic heterocycles. The molecule has 0 aliphatic carbocycles. The van der Waals surface area contributed by atoms with E-state index < -0.39 is 0 Å². The van der Waals surface area contributed by atoms with Gasteiger partial charge in [0.25, 0.3) is 0 Å². The van der Waals surface area contributed by atoms with Gasteiger partial charge in [-0.15, -0.1) is 0 Å². The summed E-state index contributed by atoms with van der Waals surface area (Å²) in [6.07, 6.45) is 2.15. The fourth-order valence-electron chi connectivity index (χ4n) is 2.43. The van der Waals surface area contributed by atoms with E-state index >= 15 is 0 Å². The van der Waals surface area contributed by atoms with Crippen LogP contribution in [0.4, 0.5) is 0 Å². The van der Waals surface area contributed by atoms with Gasteiger partial charge in [0, 0.05) is 16.5 Å². The highest BCUT2D eigenvalue weighted by Crippen LogP contribution is 2.30. The zero-order valence-corrected chi connectivity index (χ0v) is 10.1. The summed E-state index contributed by atoms with van der Waals surface area (Å²) in [5, 5.41) is 2.65. The summed E-state index contributed by atoms with van der Waals surface area (Å²) < 4.78 is 2.32. The van der Waals surface area contributed by atoms with Crippen molar-refractivity contribution < 1.29 is 0 Å². The van der Waals surface area contributed by atoms with Gasteiger partial charge >= 0.3 is 0 Å². The van der Waals surface area contributed by atoms with Crippen LogP contribution < -0.4 is 0 Å². The van der Waals surface area contributed by atoms with Crippen LogP contribution in [0, 0.1) is 0 Å². The second-order valence-corrected chi connectivity index (χ2v) is 4.30. The van der Waals surface area contributed by atoms with E-state index in [1.807, 2.05) is 0 Å². The van der Waals surface area contributed by atoms with E-state index in [0.29, 0.717) is 0 Å². The molecule has 0 radical (unpaired) electrons. The van der Waals surface area contributed by atoms with E-state index in [2.05, 4.69) is 73.0 Å². The van der Waals surface area contributed by atoms with Crippen LogP contribution in [0.2, 0.25) is 0 Å². The number of hydrogen-bond donors (Lipinski definition) is 0. The van der Waals surface area contributed by atoms with Crippen molar-refractivity contribution in [3.05, 3.63) is 54.6 Å². The zero-order valence-electron chi connectivity index (χ0n) is 10.1. The van der Waals surface area contributed by atoms with E-state index in [4.69, 9.17) is 0 Å². The molecule has 3 rings (SSSR count). The van der Waals surface area contributed by atoms with Gasteiger partial charge in [-0.25, -0.2) is 0 Å². The summed E-state index contributed by atoms with van der Waals surface area (Å²) in [5.41, 5.74) is 3.83. The Kier molecular flexibility index (Phi) is 2.25. The van der Waals surface area contributed by atoms with Crippen molar-refractivity contribution in [3.8, 4) is 0 Å². The monoisotopic (exact) mass is 221 g/mol. The molecule has 2 aromatic carbocycles. The number of aromatic nitrogens is 1. The van der Waals surface area contributed by atoms with Crippen LogP contribution in [0.15, 0.2) is 54.6 Å². The van der Waals surface area contributed by atoms with Crippen LogP contribution >= 0.6 is 0 Å². The summed E-state index contributed by atoms with van der Waals surface area (Å²) in [6.45, 7) is 4.23. The molecule has 0 saturated heterocycles. The maximum atomic E-state index is 2.32. The predicted octanol–water partition coefficient (Wildman–Crippen LogP) is 4.68. The maximum Gasteiger partial charge on any atom is 0.0537 e. The zero-order chi connectivity index (χ0) is 11.8. The molecule has 3 aromatic rings. The molecule has 0 aliphatic heterocycles. The van der Waals surface area contributed by atoms with E-state index in [9.17, 15) is 0 Å². The summed E-state index contributed by atoms with van der Waals surface area (Å²) in [6, 6.07) is 17.1. The molecule has 0 atom stereocenters. The van der Waals surface area contributed by atoms with Crippen molar-refractivity contribution in [2.75, 3.05) is 0 Å². The van der Waals surface area contributed by atoms with Crippen LogP contribution in [0.1, 0.15) is 13.8 Å². The first kappa shape index (κ1) is 10.2. The second kappa shape index (κ2) is 3.77. The molecule has 0 aliphatic rings. The summed E-state index contributed by atoms with van der Waals surface area (Å²) in [7, 11) is 0. The maximum absolute atomic E-state index is 2.32. The molecule has 17 heavy (non-hydrogen) atoms. The predicted molar refractivity (Wildman–Crippen MR) is 75.1 cm³/mol. The van der Waals surface area contributed by atoms with Crippen LogP contribution in [0.3, 0.4) is 0 Å². The molecule has 0 fully saturated rings. The molecule has 0 amide bonds. The average molecular weight is 221 g/mol. The van der Waals surface area contributed by atoms with Gasteiger partial charge in [0.15, 0.2) is 0 Å². The number of allylic oxidation sites excluding steroid dienone is 2. The molecular formula is C16H15N. The lowest BCUT2D eigenvalue weighted by Crippen LogP contribution is -1.91. The van der Waals surface area contributed by atoms with Crippen molar-refractivity contribution >= 4 is 27.5 Å². The minimum Gasteiger partial charge on any atom is -0.314 e. The molecule has 1 heterocycles. The lowest BCUT2D eigenvalue weighted by molar-refractivity contribution is 1.19. The molecule has 84 valence electrons. The van der Waals surface area contributed by atoms with Crippen LogP contribution in [0.5, 0.6) is 0 Å². The van der Waals surface area contributed by atoms with Gasteiger partial charge in [0.1, 0.15) is 0 Å². The fourth-order valence-corrected chi connectivity index (χ4v) is 2.43. The van der Waals surface area contributed by atoms with Crippen molar-refractivity contribution in [2.45, 2.75) is 13.8 Å². The van der Waals surface area contributed by atoms with Gasteiger partial charge in [-0.2, -0.15) is 0 Å². The minimum atomic E-state index is 1.27. The Morgan fingerprint density at radius 2 is 1.35 bits per heavy atom. The van der Waals surface area contributed by atoms with Gasteiger partial charge in [-0.3, -0.25) is 0 Å².